The van der Waals surface area contributed by atoms with Gasteiger partial charge in [0.15, 0.2) is 22.5 Å². The lowest BCUT2D eigenvalue weighted by atomic mass is 10.3. The summed E-state index contributed by atoms with van der Waals surface area (Å²) in [5.74, 6) is 0. The second-order valence-electron chi connectivity index (χ2n) is 4.18. The Balaban J connectivity index is 1.82. The minimum Gasteiger partial charge on any atom is -0.389 e. The average molecular weight is 350 g/mol. The number of nitrogens with two attached hydrogens (primary N) is 1. The molecule has 0 aliphatic rings. The highest BCUT2D eigenvalue weighted by Gasteiger charge is 2.16. The van der Waals surface area contributed by atoms with Crippen molar-refractivity contribution in [1.29, 1.82) is 0 Å². The van der Waals surface area contributed by atoms with Crippen LogP contribution in [0.5, 0.6) is 0 Å². The number of hydrogen-bond acceptors (Lipinski definition) is 8. The molecule has 0 atom stereocenters. The number of anilines is 1. The van der Waals surface area contributed by atoms with Gasteiger partial charge in [-0.3, -0.25) is 4.79 Å². The molecule has 2 N–H and O–H groups in total. The van der Waals surface area contributed by atoms with Gasteiger partial charge in [0.2, 0.25) is 5.12 Å². The number of oxime groups is 1. The summed E-state index contributed by atoms with van der Waals surface area (Å²) in [6.07, 6.45) is 0. The molecule has 22 heavy (non-hydrogen) atoms. The van der Waals surface area contributed by atoms with Crippen LogP contribution in [-0.4, -0.2) is 20.8 Å². The summed E-state index contributed by atoms with van der Waals surface area (Å²) < 4.78 is 0.965. The van der Waals surface area contributed by atoms with Crippen molar-refractivity contribution in [2.75, 3.05) is 5.73 Å². The largest absolute Gasteiger partial charge is 0.389 e. The van der Waals surface area contributed by atoms with Crippen LogP contribution in [0.3, 0.4) is 0 Å². The van der Waals surface area contributed by atoms with Gasteiger partial charge in [0.1, 0.15) is 0 Å². The zero-order chi connectivity index (χ0) is 15.5. The molecule has 2 aromatic heterocycles. The third-order valence-electron chi connectivity index (χ3n) is 2.64. The minimum atomic E-state index is -0.503. The molecule has 0 fully saturated rings. The molecule has 9 heteroatoms. The maximum absolute atomic E-state index is 11.7. The van der Waals surface area contributed by atoms with Crippen LogP contribution in [0.15, 0.2) is 34.8 Å². The van der Waals surface area contributed by atoms with Crippen molar-refractivity contribution in [3.63, 3.8) is 0 Å². The van der Waals surface area contributed by atoms with Crippen molar-refractivity contribution < 1.29 is 9.63 Å². The van der Waals surface area contributed by atoms with Gasteiger partial charge in [-0.25, -0.2) is 9.97 Å². The molecule has 0 spiro atoms. The second kappa shape index (κ2) is 6.42. The molecule has 0 saturated heterocycles. The van der Waals surface area contributed by atoms with Crippen LogP contribution in [0, 0.1) is 0 Å². The highest BCUT2D eigenvalue weighted by atomic mass is 32.1. The summed E-state index contributed by atoms with van der Waals surface area (Å²) in [5.41, 5.74) is 7.07. The number of rotatable bonds is 5. The average Bonchev–Trinajstić information content (AvgIpc) is 3.08. The number of nitrogens with zero attached hydrogens (tertiary/aromatic N) is 3. The van der Waals surface area contributed by atoms with Crippen LogP contribution < -0.4 is 5.73 Å². The quantitative estimate of drug-likeness (QED) is 0.419. The highest BCUT2D eigenvalue weighted by Crippen LogP contribution is 2.23. The Kier molecular flexibility index (Phi) is 4.36. The molecule has 112 valence electrons. The van der Waals surface area contributed by atoms with E-state index in [4.69, 9.17) is 10.6 Å². The van der Waals surface area contributed by atoms with Crippen LogP contribution in [0.1, 0.15) is 10.7 Å². The molecule has 0 saturated carbocycles. The maximum Gasteiger partial charge on any atom is 0.241 e. The number of thiol groups is 1. The molecule has 1 aromatic carbocycles. The summed E-state index contributed by atoms with van der Waals surface area (Å²) in [4.78, 5) is 25.2. The molecule has 0 aliphatic carbocycles. The number of aromatic nitrogens is 2. The molecule has 0 amide bonds. The summed E-state index contributed by atoms with van der Waals surface area (Å²) in [6.45, 7) is 0.128. The fourth-order valence-electron chi connectivity index (χ4n) is 1.69. The molecule has 0 aliphatic heterocycles. The van der Waals surface area contributed by atoms with Crippen molar-refractivity contribution in [3.8, 4) is 0 Å². The first-order valence-electron chi connectivity index (χ1n) is 6.12. The molecule has 0 bridgehead atoms. The first kappa shape index (κ1) is 14.9. The van der Waals surface area contributed by atoms with E-state index in [-0.39, 0.29) is 12.3 Å². The lowest BCUT2D eigenvalue weighted by molar-refractivity contribution is -0.105. The van der Waals surface area contributed by atoms with Gasteiger partial charge in [0.25, 0.3) is 0 Å². The second-order valence-corrected chi connectivity index (χ2v) is 6.51. The van der Waals surface area contributed by atoms with Gasteiger partial charge < -0.3 is 10.6 Å². The molecule has 0 unspecified atom stereocenters. The molecular formula is C13H10N4O2S3. The van der Waals surface area contributed by atoms with E-state index in [2.05, 4.69) is 27.8 Å². The van der Waals surface area contributed by atoms with Gasteiger partial charge >= 0.3 is 0 Å². The van der Waals surface area contributed by atoms with Gasteiger partial charge in [-0.05, 0) is 12.1 Å². The summed E-state index contributed by atoms with van der Waals surface area (Å²) in [7, 11) is 0. The third kappa shape index (κ3) is 3.26. The summed E-state index contributed by atoms with van der Waals surface area (Å²) >= 11 is 6.51. The van der Waals surface area contributed by atoms with Crippen molar-refractivity contribution in [3.05, 3.63) is 40.3 Å². The predicted molar refractivity (Wildman–Crippen MR) is 91.5 cm³/mol. The monoisotopic (exact) mass is 350 g/mol. The van der Waals surface area contributed by atoms with Gasteiger partial charge in [0.05, 0.1) is 15.9 Å². The standard InChI is InChI=1S/C13H10N4O2S3/c14-13-15-7(6-21-13)5-19-17-10(12(18)20)11-16-8-3-1-2-4-9(8)22-11/h1-4,6H,5H2,(H2,14,15)(H,18,20)/b17-10-. The number of carbonyl (C=O) groups is 1. The molecule has 3 rings (SSSR count). The van der Waals surface area contributed by atoms with Crippen molar-refractivity contribution in [2.45, 2.75) is 6.61 Å². The lowest BCUT2D eigenvalue weighted by Gasteiger charge is -1.99. The molecule has 2 heterocycles. The maximum atomic E-state index is 11.7. The number of benzene rings is 1. The van der Waals surface area contributed by atoms with E-state index in [1.807, 2.05) is 24.3 Å². The number of para-hydroxylation sites is 1. The zero-order valence-corrected chi connectivity index (χ0v) is 13.6. The van der Waals surface area contributed by atoms with Crippen LogP contribution in [0.2, 0.25) is 0 Å². The van der Waals surface area contributed by atoms with E-state index in [1.54, 1.807) is 5.38 Å². The topological polar surface area (TPSA) is 90.5 Å². The Morgan fingerprint density at radius 1 is 1.36 bits per heavy atom. The number of hydrogen-bond donors (Lipinski definition) is 2. The fourth-order valence-corrected chi connectivity index (χ4v) is 3.41. The van der Waals surface area contributed by atoms with E-state index < -0.39 is 5.12 Å². The minimum absolute atomic E-state index is 0.0766. The van der Waals surface area contributed by atoms with Crippen molar-refractivity contribution >= 4 is 61.5 Å². The van der Waals surface area contributed by atoms with Crippen LogP contribution in [0.25, 0.3) is 10.2 Å². The Hall–Kier alpha value is -1.97. The van der Waals surface area contributed by atoms with Crippen LogP contribution in [-0.2, 0) is 16.2 Å². The van der Waals surface area contributed by atoms with Gasteiger partial charge in [-0.2, -0.15) is 0 Å². The number of nitrogen functional groups attached to an aromatic ring is 1. The van der Waals surface area contributed by atoms with Crippen molar-refractivity contribution in [1.82, 2.24) is 9.97 Å². The van der Waals surface area contributed by atoms with E-state index in [9.17, 15) is 4.79 Å². The Bertz CT molecular complexity index is 823. The number of carbonyl (C=O) groups excluding carboxylic acids is 1. The predicted octanol–water partition coefficient (Wildman–Crippen LogP) is 2.71. The third-order valence-corrected chi connectivity index (χ3v) is 4.61. The highest BCUT2D eigenvalue weighted by molar-refractivity contribution is 7.99. The Labute approximate surface area is 139 Å². The number of fused-ring (bicyclic) bond motifs is 1. The first-order chi connectivity index (χ1) is 10.6. The zero-order valence-electron chi connectivity index (χ0n) is 11.1. The van der Waals surface area contributed by atoms with Crippen LogP contribution >= 0.6 is 35.3 Å². The van der Waals surface area contributed by atoms with E-state index >= 15 is 0 Å². The van der Waals surface area contributed by atoms with Crippen molar-refractivity contribution in [2.24, 2.45) is 5.16 Å². The summed E-state index contributed by atoms with van der Waals surface area (Å²) in [5, 5.41) is 6.05. The fraction of sp³-hybridized carbons (Fsp3) is 0.0769. The SMILES string of the molecule is Nc1nc(CO/N=C(\C(=O)S)c2nc3ccccc3s2)cs1. The molecule has 0 radical (unpaired) electrons. The normalized spacial score (nSPS) is 11.8. The first-order valence-corrected chi connectivity index (χ1v) is 8.27. The van der Waals surface area contributed by atoms with Gasteiger partial charge in [-0.15, -0.1) is 22.7 Å². The molecule has 6 nitrogen and oxygen atoms in total. The Morgan fingerprint density at radius 2 is 2.18 bits per heavy atom. The van der Waals surface area contributed by atoms with Gasteiger partial charge in [0, 0.05) is 5.38 Å². The van der Waals surface area contributed by atoms with Gasteiger partial charge in [-0.1, -0.05) is 29.9 Å². The van der Waals surface area contributed by atoms with E-state index in [1.165, 1.54) is 22.7 Å². The lowest BCUT2D eigenvalue weighted by Crippen LogP contribution is -2.10. The number of thiazole rings is 2. The Morgan fingerprint density at radius 3 is 2.86 bits per heavy atom. The smallest absolute Gasteiger partial charge is 0.241 e. The van der Waals surface area contributed by atoms with E-state index in [0.717, 1.165) is 10.2 Å². The summed E-state index contributed by atoms with van der Waals surface area (Å²) in [6, 6.07) is 7.59. The van der Waals surface area contributed by atoms with E-state index in [0.29, 0.717) is 15.8 Å². The molecule has 3 aromatic rings. The van der Waals surface area contributed by atoms with Crippen LogP contribution in [0.4, 0.5) is 5.13 Å². The molecular weight excluding hydrogens is 340 g/mol.